The molecule has 0 radical (unpaired) electrons. The summed E-state index contributed by atoms with van der Waals surface area (Å²) in [5.74, 6) is 0.00248. The van der Waals surface area contributed by atoms with Gasteiger partial charge in [-0.3, -0.25) is 4.98 Å². The van der Waals surface area contributed by atoms with Crippen LogP contribution in [0.5, 0.6) is 0 Å². The molecule has 0 aliphatic rings. The van der Waals surface area contributed by atoms with Gasteiger partial charge in [0, 0.05) is 11.6 Å². The molecule has 3 N–H and O–H groups in total. The molecule has 3 aromatic heterocycles. The number of H-pyrrole nitrogens is 1. The fraction of sp³-hybridized carbons (Fsp3) is 0.0909. The summed E-state index contributed by atoms with van der Waals surface area (Å²) in [6, 6.07) is 12.9. The molecule has 0 unspecified atom stereocenters. The lowest BCUT2D eigenvalue weighted by atomic mass is 10.2. The van der Waals surface area contributed by atoms with Crippen LogP contribution in [0.1, 0.15) is 11.6 Å². The fourth-order valence-electron chi connectivity index (χ4n) is 3.51. The summed E-state index contributed by atoms with van der Waals surface area (Å²) in [6.45, 7) is -0.0142. The monoisotopic (exact) mass is 493 g/mol. The SMILES string of the molecule is O=C(NCc1ncnn1-c1ccc2cccnc2c1)NCc1n[nH]c(=O)n1-c1ccc(Cl)c(F)c1. The zero-order valence-corrected chi connectivity index (χ0v) is 18.7. The third-order valence-electron chi connectivity index (χ3n) is 5.17. The molecule has 5 aromatic rings. The molecular formula is C22H17ClFN9O2. The minimum atomic E-state index is -0.680. The van der Waals surface area contributed by atoms with E-state index in [9.17, 15) is 14.0 Å². The topological polar surface area (TPSA) is 135 Å². The number of pyridine rings is 1. The summed E-state index contributed by atoms with van der Waals surface area (Å²) in [6.07, 6.45) is 3.10. The fourth-order valence-corrected chi connectivity index (χ4v) is 3.63. The second-order valence-corrected chi connectivity index (χ2v) is 7.79. The number of carbonyl (C=O) groups excluding carboxylic acids is 1. The number of carbonyl (C=O) groups is 1. The molecule has 35 heavy (non-hydrogen) atoms. The highest BCUT2D eigenvalue weighted by Gasteiger charge is 2.14. The van der Waals surface area contributed by atoms with E-state index in [-0.39, 0.29) is 29.6 Å². The van der Waals surface area contributed by atoms with Crippen LogP contribution in [0.25, 0.3) is 22.3 Å². The average molecular weight is 494 g/mol. The van der Waals surface area contributed by atoms with Crippen LogP contribution in [-0.4, -0.2) is 40.5 Å². The van der Waals surface area contributed by atoms with Crippen molar-refractivity contribution in [3.63, 3.8) is 0 Å². The van der Waals surface area contributed by atoms with Crippen LogP contribution in [-0.2, 0) is 13.1 Å². The number of fused-ring (bicyclic) bond motifs is 1. The summed E-state index contributed by atoms with van der Waals surface area (Å²) in [4.78, 5) is 33.1. The van der Waals surface area contributed by atoms with Crippen LogP contribution in [0, 0.1) is 5.82 Å². The number of benzene rings is 2. The minimum absolute atomic E-state index is 0.0721. The Bertz CT molecular complexity index is 1590. The first kappa shape index (κ1) is 22.2. The van der Waals surface area contributed by atoms with Gasteiger partial charge in [0.2, 0.25) is 0 Å². The van der Waals surface area contributed by atoms with Gasteiger partial charge in [0.25, 0.3) is 0 Å². The predicted molar refractivity (Wildman–Crippen MR) is 125 cm³/mol. The second kappa shape index (κ2) is 9.35. The van der Waals surface area contributed by atoms with Crippen LogP contribution in [0.2, 0.25) is 5.02 Å². The number of rotatable bonds is 6. The number of nitrogens with zero attached hydrogens (tertiary/aromatic N) is 6. The van der Waals surface area contributed by atoms with Crippen LogP contribution in [0.15, 0.2) is 65.8 Å². The van der Waals surface area contributed by atoms with Crippen LogP contribution < -0.4 is 16.3 Å². The molecule has 2 amide bonds. The van der Waals surface area contributed by atoms with E-state index >= 15 is 0 Å². The summed E-state index contributed by atoms with van der Waals surface area (Å²) >= 11 is 5.71. The maximum Gasteiger partial charge on any atom is 0.347 e. The number of halogens is 2. The number of aromatic amines is 1. The van der Waals surface area contributed by atoms with Gasteiger partial charge in [0.05, 0.1) is 35.0 Å². The Hall–Kier alpha value is -4.58. The van der Waals surface area contributed by atoms with Gasteiger partial charge < -0.3 is 10.6 Å². The van der Waals surface area contributed by atoms with Gasteiger partial charge in [0.15, 0.2) is 11.6 Å². The second-order valence-electron chi connectivity index (χ2n) is 7.38. The van der Waals surface area contributed by atoms with Crippen LogP contribution in [0.3, 0.4) is 0 Å². The highest BCUT2D eigenvalue weighted by Crippen LogP contribution is 2.18. The molecule has 0 fully saturated rings. The van der Waals surface area contributed by atoms with E-state index in [1.165, 1.54) is 18.5 Å². The zero-order valence-electron chi connectivity index (χ0n) is 17.9. The molecule has 176 valence electrons. The van der Waals surface area contributed by atoms with Gasteiger partial charge in [-0.05, 0) is 36.4 Å². The molecule has 5 rings (SSSR count). The van der Waals surface area contributed by atoms with Crippen molar-refractivity contribution in [3.05, 3.63) is 94.0 Å². The highest BCUT2D eigenvalue weighted by atomic mass is 35.5. The number of urea groups is 1. The lowest BCUT2D eigenvalue weighted by Crippen LogP contribution is -2.36. The number of hydrogen-bond donors (Lipinski definition) is 3. The first-order valence-corrected chi connectivity index (χ1v) is 10.7. The van der Waals surface area contributed by atoms with Crippen molar-refractivity contribution in [2.24, 2.45) is 0 Å². The first-order chi connectivity index (χ1) is 17.0. The van der Waals surface area contributed by atoms with E-state index in [4.69, 9.17) is 11.6 Å². The van der Waals surface area contributed by atoms with E-state index in [1.54, 1.807) is 10.9 Å². The van der Waals surface area contributed by atoms with Crippen molar-refractivity contribution in [2.45, 2.75) is 13.1 Å². The lowest BCUT2D eigenvalue weighted by molar-refractivity contribution is 0.239. The van der Waals surface area contributed by atoms with E-state index in [2.05, 4.69) is 35.9 Å². The quantitative estimate of drug-likeness (QED) is 0.332. The number of amides is 2. The van der Waals surface area contributed by atoms with E-state index in [1.807, 2.05) is 30.3 Å². The number of aromatic nitrogens is 7. The molecule has 3 heterocycles. The number of nitrogens with one attached hydrogen (secondary N) is 3. The lowest BCUT2D eigenvalue weighted by Gasteiger charge is -2.10. The predicted octanol–water partition coefficient (Wildman–Crippen LogP) is 2.48. The van der Waals surface area contributed by atoms with Crippen molar-refractivity contribution in [1.82, 2.24) is 45.1 Å². The van der Waals surface area contributed by atoms with E-state index in [0.717, 1.165) is 27.2 Å². The van der Waals surface area contributed by atoms with Crippen molar-refractivity contribution in [3.8, 4) is 11.4 Å². The molecule has 13 heteroatoms. The average Bonchev–Trinajstić information content (AvgIpc) is 3.49. The molecule has 0 saturated carbocycles. The van der Waals surface area contributed by atoms with Crippen molar-refractivity contribution in [1.29, 1.82) is 0 Å². The highest BCUT2D eigenvalue weighted by molar-refractivity contribution is 6.30. The van der Waals surface area contributed by atoms with Crippen molar-refractivity contribution >= 4 is 28.5 Å². The normalized spacial score (nSPS) is 11.0. The molecule has 2 aromatic carbocycles. The van der Waals surface area contributed by atoms with Gasteiger partial charge in [0.1, 0.15) is 12.1 Å². The Kier molecular flexibility index (Phi) is 5.94. The molecule has 0 saturated heterocycles. The summed E-state index contributed by atoms with van der Waals surface area (Å²) in [5.41, 5.74) is 1.20. The maximum atomic E-state index is 13.8. The summed E-state index contributed by atoms with van der Waals surface area (Å²) < 4.78 is 16.6. The molecule has 11 nitrogen and oxygen atoms in total. The van der Waals surface area contributed by atoms with E-state index < -0.39 is 17.5 Å². The van der Waals surface area contributed by atoms with Gasteiger partial charge in [-0.2, -0.15) is 10.2 Å². The molecule has 0 atom stereocenters. The van der Waals surface area contributed by atoms with E-state index in [0.29, 0.717) is 5.82 Å². The third-order valence-corrected chi connectivity index (χ3v) is 5.48. The largest absolute Gasteiger partial charge is 0.347 e. The maximum absolute atomic E-state index is 13.8. The standard InChI is InChI=1S/C22H17ClFN9O2/c23-16-6-5-14(8-17(16)24)32-20(30-31-22(32)35)11-27-21(34)26-10-19-28-12-29-33(19)15-4-3-13-2-1-7-25-18(13)9-15/h1-9,12H,10-11H2,(H,31,35)(H2,26,27,34). The summed E-state index contributed by atoms with van der Waals surface area (Å²) in [7, 11) is 0. The van der Waals surface area contributed by atoms with Gasteiger partial charge in [-0.15, -0.1) is 0 Å². The molecule has 0 bridgehead atoms. The van der Waals surface area contributed by atoms with Gasteiger partial charge in [-0.25, -0.2) is 33.3 Å². The molecule has 0 aliphatic heterocycles. The third kappa shape index (κ3) is 4.59. The zero-order chi connectivity index (χ0) is 24.4. The number of hydrogen-bond acceptors (Lipinski definition) is 6. The summed E-state index contributed by atoms with van der Waals surface area (Å²) in [5, 5.41) is 16.7. The van der Waals surface area contributed by atoms with Gasteiger partial charge >= 0.3 is 11.7 Å². The first-order valence-electron chi connectivity index (χ1n) is 10.4. The smallest absolute Gasteiger partial charge is 0.331 e. The molecular weight excluding hydrogens is 477 g/mol. The van der Waals surface area contributed by atoms with Crippen LogP contribution >= 0.6 is 11.6 Å². The Morgan fingerprint density at radius 1 is 1.03 bits per heavy atom. The molecule has 0 aliphatic carbocycles. The Labute approximate surface area is 201 Å². The Balaban J connectivity index is 1.25. The Morgan fingerprint density at radius 3 is 2.66 bits per heavy atom. The Morgan fingerprint density at radius 2 is 1.83 bits per heavy atom. The van der Waals surface area contributed by atoms with Crippen molar-refractivity contribution in [2.75, 3.05) is 0 Å². The van der Waals surface area contributed by atoms with Crippen molar-refractivity contribution < 1.29 is 9.18 Å². The van der Waals surface area contributed by atoms with Crippen LogP contribution in [0.4, 0.5) is 9.18 Å². The van der Waals surface area contributed by atoms with Gasteiger partial charge in [-0.1, -0.05) is 23.7 Å². The minimum Gasteiger partial charge on any atom is -0.331 e. The molecule has 0 spiro atoms.